The number of rotatable bonds is 6. The monoisotopic (exact) mass is 783 g/mol. The maximum absolute atomic E-state index is 7.15. The van der Waals surface area contributed by atoms with Crippen LogP contribution >= 0.6 is 0 Å². The van der Waals surface area contributed by atoms with Crippen LogP contribution in [0.15, 0.2) is 224 Å². The zero-order chi connectivity index (χ0) is 40.5. The molecule has 0 fully saturated rings. The fourth-order valence-corrected chi connectivity index (χ4v) is 10.4. The lowest BCUT2D eigenvalue weighted by Crippen LogP contribution is -2.25. The molecule has 1 heterocycles. The summed E-state index contributed by atoms with van der Waals surface area (Å²) in [6.45, 7) is 2.11. The van der Waals surface area contributed by atoms with Crippen molar-refractivity contribution < 1.29 is 9.47 Å². The molecule has 290 valence electrons. The van der Waals surface area contributed by atoms with Gasteiger partial charge in [0.2, 0.25) is 0 Å². The third kappa shape index (κ3) is 5.44. The molecule has 61 heavy (non-hydrogen) atoms. The minimum Gasteiger partial charge on any atom is -0.449 e. The highest BCUT2D eigenvalue weighted by Gasteiger charge is 2.52. The fraction of sp³-hybridized carbons (Fsp3) is 0.0690. The lowest BCUT2D eigenvalue weighted by atomic mass is 9.71. The van der Waals surface area contributed by atoms with Crippen LogP contribution < -0.4 is 14.4 Å². The van der Waals surface area contributed by atoms with Crippen LogP contribution in [-0.4, -0.2) is 0 Å². The van der Waals surface area contributed by atoms with E-state index in [1.54, 1.807) is 0 Å². The van der Waals surface area contributed by atoms with Crippen molar-refractivity contribution in [3.8, 4) is 56.4 Å². The summed E-state index contributed by atoms with van der Waals surface area (Å²) >= 11 is 0. The smallest absolute Gasteiger partial charge is 0.178 e. The Morgan fingerprint density at radius 2 is 1.30 bits per heavy atom. The second-order valence-corrected chi connectivity index (χ2v) is 16.3. The van der Waals surface area contributed by atoms with Gasteiger partial charge in [0.25, 0.3) is 0 Å². The summed E-state index contributed by atoms with van der Waals surface area (Å²) in [5.74, 6) is 3.21. The highest BCUT2D eigenvalue weighted by atomic mass is 16.6. The highest BCUT2D eigenvalue weighted by Crippen LogP contribution is 2.65. The van der Waals surface area contributed by atoms with Crippen molar-refractivity contribution in [3.63, 3.8) is 0 Å². The lowest BCUT2D eigenvalue weighted by molar-refractivity contribution is 0.360. The fourth-order valence-electron chi connectivity index (χ4n) is 10.4. The SMILES string of the molecule is C/C=C\C1=CC2(C3=CC=CCC13)c1ccccc1-c1c2ccc2c1Oc1cc(N(c3ccc(-c4ccccc4-c4ccccc4)cc3)c3cccc4ccccc34)ccc1O2. The zero-order valence-electron chi connectivity index (χ0n) is 33.8. The first-order chi connectivity index (χ1) is 30.2. The van der Waals surface area contributed by atoms with Crippen molar-refractivity contribution in [1.82, 2.24) is 0 Å². The van der Waals surface area contributed by atoms with Gasteiger partial charge in [0.05, 0.1) is 16.8 Å². The number of hydrogen-bond acceptors (Lipinski definition) is 3. The summed E-state index contributed by atoms with van der Waals surface area (Å²) in [4.78, 5) is 2.34. The molecule has 0 aromatic heterocycles. The van der Waals surface area contributed by atoms with E-state index in [-0.39, 0.29) is 5.41 Å². The van der Waals surface area contributed by atoms with E-state index in [0.29, 0.717) is 17.4 Å². The molecule has 1 spiro atoms. The average molecular weight is 784 g/mol. The molecule has 12 rings (SSSR count). The largest absolute Gasteiger partial charge is 0.449 e. The Kier molecular flexibility index (Phi) is 8.11. The molecule has 3 heteroatoms. The van der Waals surface area contributed by atoms with Crippen LogP contribution in [0.3, 0.4) is 0 Å². The molecule has 4 aliphatic rings. The Labute approximate surface area is 356 Å². The number of anilines is 3. The van der Waals surface area contributed by atoms with Crippen LogP contribution in [-0.2, 0) is 5.41 Å². The molecule has 0 radical (unpaired) electrons. The Morgan fingerprint density at radius 3 is 2.13 bits per heavy atom. The molecule has 0 N–H and O–H groups in total. The minimum absolute atomic E-state index is 0.337. The highest BCUT2D eigenvalue weighted by molar-refractivity contribution is 5.99. The van der Waals surface area contributed by atoms with Gasteiger partial charge in [-0.25, -0.2) is 0 Å². The predicted octanol–water partition coefficient (Wildman–Crippen LogP) is 15.8. The number of fused-ring (bicyclic) bond motifs is 11. The summed E-state index contributed by atoms with van der Waals surface area (Å²) in [6, 6.07) is 62.9. The average Bonchev–Trinajstić information content (AvgIpc) is 3.81. The van der Waals surface area contributed by atoms with Gasteiger partial charge in [-0.1, -0.05) is 170 Å². The molecule has 8 aromatic rings. The molecule has 2 atom stereocenters. The second-order valence-electron chi connectivity index (χ2n) is 16.3. The molecule has 0 amide bonds. The van der Waals surface area contributed by atoms with Crippen LogP contribution in [0.25, 0.3) is 44.2 Å². The van der Waals surface area contributed by atoms with E-state index in [1.165, 1.54) is 49.9 Å². The molecule has 0 saturated heterocycles. The van der Waals surface area contributed by atoms with Gasteiger partial charge in [0.1, 0.15) is 0 Å². The molecule has 0 saturated carbocycles. The molecule has 0 bridgehead atoms. The maximum atomic E-state index is 7.15. The summed E-state index contributed by atoms with van der Waals surface area (Å²) in [5.41, 5.74) is 15.1. The Balaban J connectivity index is 0.985. The van der Waals surface area contributed by atoms with Gasteiger partial charge < -0.3 is 14.4 Å². The lowest BCUT2D eigenvalue weighted by Gasteiger charge is -2.32. The standard InChI is InChI=1S/C58H41NO2/c1-2-15-41-37-58(49-25-12-10-22-46(41)49)50-26-13-11-24-48(50)56-51(58)33-35-54-57(56)61-55-36-43(32-34-53(55)60-54)59(52-27-14-19-39-18-6-7-23-47(39)52)42-30-28-40(29-31-42)45-21-9-8-20-44(45)38-16-4-3-5-17-38/h2-21,23-37,46H,22H2,1H3/b15-2-. The topological polar surface area (TPSA) is 21.7 Å². The molecule has 8 aromatic carbocycles. The third-order valence-corrected chi connectivity index (χ3v) is 13.0. The van der Waals surface area contributed by atoms with Gasteiger partial charge in [0.15, 0.2) is 23.0 Å². The number of nitrogens with zero attached hydrogens (tertiary/aromatic N) is 1. The summed E-state index contributed by atoms with van der Waals surface area (Å²) < 4.78 is 13.9. The number of hydrogen-bond donors (Lipinski definition) is 0. The Morgan fingerprint density at radius 1 is 0.590 bits per heavy atom. The Hall–Kier alpha value is -7.62. The first-order valence-electron chi connectivity index (χ1n) is 21.2. The maximum Gasteiger partial charge on any atom is 0.178 e. The van der Waals surface area contributed by atoms with Gasteiger partial charge in [0, 0.05) is 28.6 Å². The third-order valence-electron chi connectivity index (χ3n) is 13.0. The van der Waals surface area contributed by atoms with Crippen molar-refractivity contribution in [3.05, 3.63) is 235 Å². The van der Waals surface area contributed by atoms with E-state index in [1.807, 2.05) is 6.07 Å². The molecular weight excluding hydrogens is 743 g/mol. The van der Waals surface area contributed by atoms with E-state index in [9.17, 15) is 0 Å². The summed E-state index contributed by atoms with van der Waals surface area (Å²) in [7, 11) is 0. The second kappa shape index (κ2) is 14.0. The van der Waals surface area contributed by atoms with Crippen molar-refractivity contribution >= 4 is 27.8 Å². The van der Waals surface area contributed by atoms with Crippen LogP contribution in [0.5, 0.6) is 23.0 Å². The summed E-state index contributed by atoms with van der Waals surface area (Å²) in [6.07, 6.45) is 14.8. The van der Waals surface area contributed by atoms with Crippen molar-refractivity contribution in [1.29, 1.82) is 0 Å². The number of benzene rings is 8. The van der Waals surface area contributed by atoms with Gasteiger partial charge in [-0.05, 0) is 105 Å². The number of ether oxygens (including phenoxy) is 2. The first kappa shape index (κ1) is 35.3. The van der Waals surface area contributed by atoms with E-state index in [2.05, 4.69) is 218 Å². The minimum atomic E-state index is -0.379. The van der Waals surface area contributed by atoms with E-state index >= 15 is 0 Å². The first-order valence-corrected chi connectivity index (χ1v) is 21.2. The van der Waals surface area contributed by atoms with E-state index < -0.39 is 0 Å². The molecule has 2 unspecified atom stereocenters. The van der Waals surface area contributed by atoms with Crippen molar-refractivity contribution in [2.75, 3.05) is 4.90 Å². The quantitative estimate of drug-likeness (QED) is 0.168. The molecule has 3 aliphatic carbocycles. The van der Waals surface area contributed by atoms with Crippen LogP contribution in [0.2, 0.25) is 0 Å². The van der Waals surface area contributed by atoms with Gasteiger partial charge >= 0.3 is 0 Å². The van der Waals surface area contributed by atoms with Gasteiger partial charge in [-0.3, -0.25) is 0 Å². The van der Waals surface area contributed by atoms with Crippen LogP contribution in [0, 0.1) is 5.92 Å². The van der Waals surface area contributed by atoms with E-state index in [0.717, 1.165) is 51.5 Å². The predicted molar refractivity (Wildman–Crippen MR) is 251 cm³/mol. The van der Waals surface area contributed by atoms with Gasteiger partial charge in [-0.15, -0.1) is 0 Å². The molecule has 3 nitrogen and oxygen atoms in total. The van der Waals surface area contributed by atoms with Crippen LogP contribution in [0.4, 0.5) is 17.1 Å². The zero-order valence-corrected chi connectivity index (χ0v) is 33.8. The molecular formula is C58H41NO2. The number of allylic oxidation sites excluding steroid dienone is 8. The van der Waals surface area contributed by atoms with Crippen LogP contribution in [0.1, 0.15) is 24.5 Å². The van der Waals surface area contributed by atoms with E-state index in [4.69, 9.17) is 9.47 Å². The normalized spacial score (nSPS) is 17.8. The summed E-state index contributed by atoms with van der Waals surface area (Å²) in [5, 5.41) is 2.34. The Bertz CT molecular complexity index is 3180. The van der Waals surface area contributed by atoms with Gasteiger partial charge in [-0.2, -0.15) is 0 Å². The molecule has 1 aliphatic heterocycles. The van der Waals surface area contributed by atoms with Crippen molar-refractivity contribution in [2.24, 2.45) is 5.92 Å². The van der Waals surface area contributed by atoms with Crippen molar-refractivity contribution in [2.45, 2.75) is 18.8 Å².